The van der Waals surface area contributed by atoms with E-state index in [9.17, 15) is 14.7 Å². The summed E-state index contributed by atoms with van der Waals surface area (Å²) in [6.07, 6.45) is -0.457. The number of carbonyl (C=O) groups excluding carboxylic acids is 2. The number of carbonyl (C=O) groups is 2. The molecule has 1 aromatic heterocycles. The van der Waals surface area contributed by atoms with Crippen molar-refractivity contribution >= 4 is 23.2 Å². The molecule has 7 nitrogen and oxygen atoms in total. The van der Waals surface area contributed by atoms with Crippen LogP contribution < -0.4 is 10.6 Å². The number of hydrogen-bond acceptors (Lipinski definition) is 6. The number of amides is 2. The van der Waals surface area contributed by atoms with Crippen LogP contribution in [0, 0.1) is 19.3 Å². The first-order valence-electron chi connectivity index (χ1n) is 11.9. The lowest BCUT2D eigenvalue weighted by Crippen LogP contribution is -2.57. The smallest absolute Gasteiger partial charge is 0.243 e. The van der Waals surface area contributed by atoms with E-state index in [-0.39, 0.29) is 36.2 Å². The van der Waals surface area contributed by atoms with E-state index in [0.29, 0.717) is 6.54 Å². The predicted octanol–water partition coefficient (Wildman–Crippen LogP) is 3.42. The normalized spacial score (nSPS) is 19.5. The van der Waals surface area contributed by atoms with Gasteiger partial charge in [0.1, 0.15) is 6.04 Å². The third kappa shape index (κ3) is 6.03. The largest absolute Gasteiger partial charge is 0.391 e. The number of β-amino-alcohol motifs (C(OH)–C–C–N with tert-alkyl or cyclic N) is 1. The van der Waals surface area contributed by atoms with Gasteiger partial charge in [-0.3, -0.25) is 9.59 Å². The third-order valence-electron chi connectivity index (χ3n) is 6.28. The van der Waals surface area contributed by atoms with Crippen LogP contribution in [-0.4, -0.2) is 57.6 Å². The number of rotatable bonds is 7. The molecule has 2 amide bonds. The molecule has 1 unspecified atom stereocenters. The average Bonchev–Trinajstić information content (AvgIpc) is 3.35. The van der Waals surface area contributed by atoms with Crippen molar-refractivity contribution in [2.45, 2.75) is 85.7 Å². The highest BCUT2D eigenvalue weighted by Crippen LogP contribution is 2.29. The Labute approximate surface area is 207 Å². The van der Waals surface area contributed by atoms with Gasteiger partial charge in [-0.1, -0.05) is 52.8 Å². The first-order valence-corrected chi connectivity index (χ1v) is 12.8. The van der Waals surface area contributed by atoms with Crippen LogP contribution in [0.5, 0.6) is 0 Å². The molecule has 1 aliphatic heterocycles. The summed E-state index contributed by atoms with van der Waals surface area (Å²) >= 11 is 1.62. The van der Waals surface area contributed by atoms with Crippen molar-refractivity contribution in [2.24, 2.45) is 5.41 Å². The Hall–Kier alpha value is -2.29. The molecule has 1 saturated heterocycles. The van der Waals surface area contributed by atoms with Crippen molar-refractivity contribution < 1.29 is 14.7 Å². The molecule has 1 aliphatic rings. The summed E-state index contributed by atoms with van der Waals surface area (Å²) in [5, 5.41) is 16.7. The second-order valence-electron chi connectivity index (χ2n) is 10.6. The van der Waals surface area contributed by atoms with E-state index < -0.39 is 18.2 Å². The summed E-state index contributed by atoms with van der Waals surface area (Å²) in [6, 6.07) is 5.18. The Bertz CT molecular complexity index is 1030. The fraction of sp³-hybridized carbons (Fsp3) is 0.577. The third-order valence-corrected chi connectivity index (χ3v) is 7.26. The monoisotopic (exact) mass is 486 g/mol. The minimum atomic E-state index is -0.706. The number of aliphatic hydroxyl groups excluding tert-OH is 1. The molecule has 0 bridgehead atoms. The van der Waals surface area contributed by atoms with E-state index in [1.807, 2.05) is 60.0 Å². The van der Waals surface area contributed by atoms with Crippen molar-refractivity contribution in [3.05, 3.63) is 40.5 Å². The van der Waals surface area contributed by atoms with Gasteiger partial charge in [-0.05, 0) is 36.0 Å². The molecule has 2 aromatic rings. The number of nitrogens with one attached hydrogen (secondary N) is 2. The predicted molar refractivity (Wildman–Crippen MR) is 137 cm³/mol. The van der Waals surface area contributed by atoms with Crippen LogP contribution in [0.15, 0.2) is 23.7 Å². The molecule has 3 N–H and O–H groups in total. The summed E-state index contributed by atoms with van der Waals surface area (Å²) < 4.78 is 0. The highest BCUT2D eigenvalue weighted by Gasteiger charge is 2.43. The van der Waals surface area contributed by atoms with E-state index in [1.165, 1.54) is 0 Å². The lowest BCUT2D eigenvalue weighted by molar-refractivity contribution is -0.142. The molecular formula is C26H38N4O3S. The summed E-state index contributed by atoms with van der Waals surface area (Å²) in [5.41, 5.74) is 5.75. The Morgan fingerprint density at radius 2 is 1.97 bits per heavy atom. The van der Waals surface area contributed by atoms with Gasteiger partial charge in [0.05, 0.1) is 28.2 Å². The molecule has 3 rings (SSSR count). The van der Waals surface area contributed by atoms with Crippen molar-refractivity contribution in [3.8, 4) is 10.4 Å². The summed E-state index contributed by atoms with van der Waals surface area (Å²) in [5.74, 6) is -0.373. The maximum absolute atomic E-state index is 13.5. The molecule has 0 radical (unpaired) electrons. The van der Waals surface area contributed by atoms with E-state index in [1.54, 1.807) is 16.2 Å². The second-order valence-corrected chi connectivity index (χ2v) is 11.5. The fourth-order valence-electron chi connectivity index (χ4n) is 4.41. The molecular weight excluding hydrogens is 448 g/mol. The van der Waals surface area contributed by atoms with Crippen molar-refractivity contribution in [1.82, 2.24) is 20.5 Å². The van der Waals surface area contributed by atoms with Crippen LogP contribution in [0.4, 0.5) is 0 Å². The Morgan fingerprint density at radius 1 is 1.26 bits per heavy atom. The highest BCUT2D eigenvalue weighted by atomic mass is 32.1. The zero-order valence-corrected chi connectivity index (χ0v) is 22.1. The van der Waals surface area contributed by atoms with Gasteiger partial charge in [-0.25, -0.2) is 4.98 Å². The van der Waals surface area contributed by atoms with Gasteiger partial charge in [0.15, 0.2) is 0 Å². The molecule has 34 heavy (non-hydrogen) atoms. The van der Waals surface area contributed by atoms with Gasteiger partial charge in [-0.2, -0.15) is 0 Å². The molecule has 1 aromatic carbocycles. The number of nitrogens with zero attached hydrogens (tertiary/aromatic N) is 2. The molecule has 0 aliphatic carbocycles. The van der Waals surface area contributed by atoms with Gasteiger partial charge in [0, 0.05) is 25.6 Å². The average molecular weight is 487 g/mol. The van der Waals surface area contributed by atoms with Gasteiger partial charge >= 0.3 is 0 Å². The van der Waals surface area contributed by atoms with Crippen LogP contribution in [0.3, 0.4) is 0 Å². The quantitative estimate of drug-likeness (QED) is 0.558. The van der Waals surface area contributed by atoms with Crippen LogP contribution in [0.1, 0.15) is 57.9 Å². The maximum Gasteiger partial charge on any atom is 0.243 e. The molecule has 3 atom stereocenters. The Balaban J connectivity index is 1.71. The van der Waals surface area contributed by atoms with Crippen molar-refractivity contribution in [3.63, 3.8) is 0 Å². The van der Waals surface area contributed by atoms with Gasteiger partial charge in [-0.15, -0.1) is 11.3 Å². The van der Waals surface area contributed by atoms with Crippen LogP contribution in [0.2, 0.25) is 0 Å². The zero-order chi connectivity index (χ0) is 25.2. The van der Waals surface area contributed by atoms with Gasteiger partial charge in [0.2, 0.25) is 11.8 Å². The van der Waals surface area contributed by atoms with Gasteiger partial charge in [0.25, 0.3) is 0 Å². The first-order chi connectivity index (χ1) is 15.9. The number of hydrogen-bond donors (Lipinski definition) is 3. The number of aromatic nitrogens is 1. The summed E-state index contributed by atoms with van der Waals surface area (Å²) in [6.45, 7) is 14.6. The Morgan fingerprint density at radius 3 is 2.53 bits per heavy atom. The van der Waals surface area contributed by atoms with E-state index in [4.69, 9.17) is 0 Å². The topological polar surface area (TPSA) is 94.6 Å². The summed E-state index contributed by atoms with van der Waals surface area (Å²) in [4.78, 5) is 33.6. The molecule has 1 fully saturated rings. The van der Waals surface area contributed by atoms with Crippen LogP contribution in [-0.2, 0) is 16.1 Å². The van der Waals surface area contributed by atoms with E-state index >= 15 is 0 Å². The number of thiazole rings is 1. The fourth-order valence-corrected chi connectivity index (χ4v) is 5.21. The van der Waals surface area contributed by atoms with E-state index in [2.05, 4.69) is 27.8 Å². The van der Waals surface area contributed by atoms with Crippen molar-refractivity contribution in [1.29, 1.82) is 0 Å². The zero-order valence-electron chi connectivity index (χ0n) is 21.3. The standard InChI is InChI=1S/C26H38N4O3S/c1-15(2)29-23(26(5,6)7)25(33)30-13-20(31)11-21(30)24(32)27-12-19-9-8-18(10-16(19)3)22-17(4)28-14-34-22/h8-10,14-15,20-21,23,29,31H,11-13H2,1-7H3,(H,27,32)/t20-,21?,23-/m1/s1. The lowest BCUT2D eigenvalue weighted by atomic mass is 9.85. The van der Waals surface area contributed by atoms with Crippen LogP contribution in [0.25, 0.3) is 10.4 Å². The minimum absolute atomic E-state index is 0.118. The van der Waals surface area contributed by atoms with Crippen LogP contribution >= 0.6 is 11.3 Å². The number of likely N-dealkylation sites (tertiary alicyclic amines) is 1. The highest BCUT2D eigenvalue weighted by molar-refractivity contribution is 7.13. The van der Waals surface area contributed by atoms with E-state index in [0.717, 1.165) is 27.3 Å². The minimum Gasteiger partial charge on any atom is -0.391 e. The van der Waals surface area contributed by atoms with Crippen molar-refractivity contribution in [2.75, 3.05) is 6.54 Å². The number of aliphatic hydroxyl groups is 1. The molecule has 8 heteroatoms. The number of aryl methyl sites for hydroxylation is 2. The molecule has 186 valence electrons. The molecule has 0 saturated carbocycles. The van der Waals surface area contributed by atoms with Gasteiger partial charge < -0.3 is 20.6 Å². The Kier molecular flexibility index (Phi) is 8.16. The molecule has 0 spiro atoms. The maximum atomic E-state index is 13.5. The summed E-state index contributed by atoms with van der Waals surface area (Å²) in [7, 11) is 0. The lowest BCUT2D eigenvalue weighted by Gasteiger charge is -2.36. The second kappa shape index (κ2) is 10.5. The first kappa shape index (κ1) is 26.3. The number of benzene rings is 1. The molecule has 2 heterocycles. The SMILES string of the molecule is Cc1cc(-c2scnc2C)ccc1CNC(=O)C1C[C@@H](O)CN1C(=O)[C@@H](NC(C)C)C(C)(C)C.